The van der Waals surface area contributed by atoms with Crippen LogP contribution >= 0.6 is 0 Å². The third kappa shape index (κ3) is 10.9. The summed E-state index contributed by atoms with van der Waals surface area (Å²) in [7, 11) is 0. The van der Waals surface area contributed by atoms with Crippen LogP contribution in [-0.4, -0.2) is 24.1 Å². The lowest BCUT2D eigenvalue weighted by Crippen LogP contribution is -1.93. The Balaban J connectivity index is 0.000000138. The van der Waals surface area contributed by atoms with Crippen LogP contribution in [0.3, 0.4) is 0 Å². The maximum atomic E-state index is 10.1. The van der Waals surface area contributed by atoms with Gasteiger partial charge in [0.1, 0.15) is 0 Å². The van der Waals surface area contributed by atoms with Gasteiger partial charge in [-0.1, -0.05) is 273 Å². The summed E-state index contributed by atoms with van der Waals surface area (Å²) in [6.45, 7) is 0. The van der Waals surface area contributed by atoms with Crippen LogP contribution in [0.15, 0.2) is 407 Å². The molecule has 0 atom stereocenters. The van der Waals surface area contributed by atoms with E-state index in [1.807, 2.05) is 55.0 Å². The van der Waals surface area contributed by atoms with Gasteiger partial charge in [-0.05, 0) is 252 Å². The van der Waals surface area contributed by atoms with Crippen molar-refractivity contribution in [1.82, 2.24) is 24.1 Å². The maximum Gasteiger partial charge on any atom is 0.0998 e. The number of hydrogen-bond donors (Lipinski definition) is 0. The van der Waals surface area contributed by atoms with Gasteiger partial charge >= 0.3 is 0 Å². The quantitative estimate of drug-likeness (QED) is 0.127. The van der Waals surface area contributed by atoms with E-state index in [4.69, 9.17) is 9.97 Å². The summed E-state index contributed by atoms with van der Waals surface area (Å²) in [4.78, 5) is 14.1. The Kier molecular flexibility index (Phi) is 16.0. The summed E-state index contributed by atoms with van der Waals surface area (Å²) in [5.41, 5.74) is 27.3. The number of para-hydroxylation sites is 3. The first-order valence-corrected chi connectivity index (χ1v) is 41.3. The molecule has 5 heterocycles. The molecule has 7 heteroatoms. The van der Waals surface area contributed by atoms with Crippen LogP contribution in [0.4, 0.5) is 0 Å². The van der Waals surface area contributed by atoms with Crippen molar-refractivity contribution in [2.45, 2.75) is 0 Å². The van der Waals surface area contributed by atoms with Crippen molar-refractivity contribution in [3.63, 3.8) is 0 Å². The molecule has 122 heavy (non-hydrogen) atoms. The van der Waals surface area contributed by atoms with Crippen molar-refractivity contribution >= 4 is 141 Å². The van der Waals surface area contributed by atoms with Crippen molar-refractivity contribution in [3.8, 4) is 113 Å². The summed E-state index contributed by atoms with van der Waals surface area (Å²) in [6, 6.07) is 144. The van der Waals surface area contributed by atoms with Gasteiger partial charge in [-0.2, -0.15) is 10.5 Å². The van der Waals surface area contributed by atoms with E-state index in [0.29, 0.717) is 11.1 Å². The van der Waals surface area contributed by atoms with E-state index in [0.717, 1.165) is 111 Å². The van der Waals surface area contributed by atoms with E-state index in [2.05, 4.69) is 378 Å². The fourth-order valence-corrected chi connectivity index (χ4v) is 19.8. The van der Waals surface area contributed by atoms with Crippen LogP contribution in [0.25, 0.3) is 241 Å². The second-order valence-electron chi connectivity index (χ2n) is 31.7. The lowest BCUT2D eigenvalue weighted by molar-refractivity contribution is 1.18. The maximum absolute atomic E-state index is 10.1. The molecule has 0 aliphatic rings. The zero-order valence-electron chi connectivity index (χ0n) is 65.8. The van der Waals surface area contributed by atoms with E-state index in [9.17, 15) is 10.5 Å². The largest absolute Gasteiger partial charge is 0.309 e. The van der Waals surface area contributed by atoms with Crippen LogP contribution < -0.4 is 0 Å². The first-order chi connectivity index (χ1) is 60.4. The second kappa shape index (κ2) is 28.0. The number of benzene rings is 20. The fraction of sp³-hybridized carbons (Fsp3) is 0. The minimum absolute atomic E-state index is 0.694. The summed E-state index contributed by atoms with van der Waals surface area (Å²) < 4.78 is 4.66. The Bertz CT molecular complexity index is 8670. The Labute approximate surface area is 701 Å². The van der Waals surface area contributed by atoms with Gasteiger partial charge in [0, 0.05) is 84.4 Å². The molecule has 25 aromatic rings. The van der Waals surface area contributed by atoms with E-state index < -0.39 is 0 Å². The summed E-state index contributed by atoms with van der Waals surface area (Å²) >= 11 is 0. The molecular weight excluding hydrogens is 1480 g/mol. The minimum atomic E-state index is 0.694. The molecule has 0 amide bonds. The first kappa shape index (κ1) is 69.6. The van der Waals surface area contributed by atoms with Crippen molar-refractivity contribution in [3.05, 3.63) is 418 Å². The van der Waals surface area contributed by atoms with Gasteiger partial charge < -0.3 is 9.13 Å². The highest BCUT2D eigenvalue weighted by molar-refractivity contribution is 6.30. The molecule has 0 spiro atoms. The summed E-state index contributed by atoms with van der Waals surface area (Å²) in [6.07, 6.45) is 5.49. The molecule has 0 aliphatic heterocycles. The van der Waals surface area contributed by atoms with Gasteiger partial charge in [-0.3, -0.25) is 9.97 Å². The van der Waals surface area contributed by atoms with E-state index in [1.54, 1.807) is 0 Å². The number of nitriles is 2. The van der Waals surface area contributed by atoms with Gasteiger partial charge in [-0.15, -0.1) is 0 Å². The van der Waals surface area contributed by atoms with E-state index >= 15 is 0 Å². The molecule has 20 aromatic carbocycles. The van der Waals surface area contributed by atoms with Crippen LogP contribution in [-0.2, 0) is 0 Å². The number of fused-ring (bicyclic) bond motifs is 11. The van der Waals surface area contributed by atoms with Crippen molar-refractivity contribution in [2.24, 2.45) is 0 Å². The molecule has 0 radical (unpaired) electrons. The zero-order valence-corrected chi connectivity index (χ0v) is 65.8. The monoisotopic (exact) mass is 1550 g/mol. The van der Waals surface area contributed by atoms with Gasteiger partial charge in [0.25, 0.3) is 0 Å². The molecule has 0 aliphatic carbocycles. The van der Waals surface area contributed by atoms with Crippen LogP contribution in [0.5, 0.6) is 0 Å². The molecule has 0 N–H and O–H groups in total. The average molecular weight is 1550 g/mol. The molecule has 7 nitrogen and oxygen atoms in total. The highest BCUT2D eigenvalue weighted by Crippen LogP contribution is 2.50. The molecule has 562 valence electrons. The topological polar surface area (TPSA) is 96.1 Å². The van der Waals surface area contributed by atoms with Gasteiger partial charge in [0.05, 0.1) is 62.2 Å². The Morgan fingerprint density at radius 1 is 0.213 bits per heavy atom. The number of nitrogens with zero attached hydrogens (tertiary/aromatic N) is 7. The predicted octanol–water partition coefficient (Wildman–Crippen LogP) is 30.1. The summed E-state index contributed by atoms with van der Waals surface area (Å²) in [5.74, 6) is 0. The third-order valence-corrected chi connectivity index (χ3v) is 25.4. The summed E-state index contributed by atoms with van der Waals surface area (Å²) in [5, 5.41) is 44.9. The normalized spacial score (nSPS) is 11.8. The van der Waals surface area contributed by atoms with Gasteiger partial charge in [0.15, 0.2) is 0 Å². The first-order valence-electron chi connectivity index (χ1n) is 41.3. The molecular formula is C115H67N7. The molecule has 0 bridgehead atoms. The third-order valence-electron chi connectivity index (χ3n) is 25.4. The van der Waals surface area contributed by atoms with Crippen molar-refractivity contribution < 1.29 is 0 Å². The SMILES string of the molecule is N#Cc1ccc2c3c1ccc1c(-c4ccc(-c5cc6c7ccccc7c(-c7ccc(-c8cccc9cccnc89)cc7)cc6c6ccccc56)cc4)ccc(c13)n2-c1ccccc1.N#Cc1ccc2c3c1ccc1c(-c4ccc(-c5cc6c7ccccc7c(-c7cccc(-c8ccncc8)n7)cc6c6ccccc56)cc4)ccc(c13)n2-c1ccccc1. The molecule has 5 aromatic heterocycles. The number of pyridine rings is 3. The van der Waals surface area contributed by atoms with Crippen LogP contribution in [0, 0.1) is 22.7 Å². The fourth-order valence-electron chi connectivity index (χ4n) is 19.8. The van der Waals surface area contributed by atoms with Crippen LogP contribution in [0.1, 0.15) is 11.1 Å². The zero-order chi connectivity index (χ0) is 80.6. The van der Waals surface area contributed by atoms with Crippen LogP contribution in [0.2, 0.25) is 0 Å². The molecule has 0 saturated heterocycles. The Morgan fingerprint density at radius 2 is 0.557 bits per heavy atom. The Morgan fingerprint density at radius 3 is 0.992 bits per heavy atom. The average Bonchev–Trinajstić information content (AvgIpc) is 1.51. The van der Waals surface area contributed by atoms with Gasteiger partial charge in [-0.25, -0.2) is 4.98 Å². The highest BCUT2D eigenvalue weighted by atomic mass is 15.0. The van der Waals surface area contributed by atoms with Gasteiger partial charge in [0.2, 0.25) is 0 Å². The molecule has 0 fully saturated rings. The van der Waals surface area contributed by atoms with E-state index in [-0.39, 0.29) is 0 Å². The number of rotatable bonds is 10. The number of aromatic nitrogens is 5. The lowest BCUT2D eigenvalue weighted by atomic mass is 9.87. The van der Waals surface area contributed by atoms with Crippen molar-refractivity contribution in [2.75, 3.05) is 0 Å². The molecule has 0 saturated carbocycles. The Hall–Kier alpha value is -16.7. The second-order valence-corrected chi connectivity index (χ2v) is 31.7. The molecule has 0 unspecified atom stereocenters. The standard InChI is InChI=1S/C60H35N3.C55H32N4/c61-36-42-27-31-56-58-45(42)28-29-51-44(30-32-57(59(51)58)63(56)43-12-2-1-3-13-43)37-19-23-39(24-20-37)52-34-54-50-17-7-5-15-48(50)53(35-55(54)49-16-6-4-14-47(49)52)40-25-21-38(22-26-40)46-18-8-10-41-11-9-33-62-60(41)46;56-33-37-21-25-52-54-40(37)22-23-45-39(24-26-53(55(45)54)59(52)38-9-2-1-3-10-38)34-17-19-35(20-18-34)46-31-47-43-13-6-7-14-44(43)49(32-48(47)42-12-5-4-11-41(42)46)51-16-8-15-50(58-51)36-27-29-57-30-28-36/h1-35H;1-32H. The van der Waals surface area contributed by atoms with E-state index in [1.165, 1.54) is 131 Å². The highest BCUT2D eigenvalue weighted by Gasteiger charge is 2.25. The minimum Gasteiger partial charge on any atom is -0.309 e. The lowest BCUT2D eigenvalue weighted by Gasteiger charge is -2.17. The molecule has 25 rings (SSSR count). The predicted molar refractivity (Wildman–Crippen MR) is 508 cm³/mol. The van der Waals surface area contributed by atoms with Crippen molar-refractivity contribution in [1.29, 1.82) is 10.5 Å². The smallest absolute Gasteiger partial charge is 0.0998 e. The number of hydrogen-bond acceptors (Lipinski definition) is 5.